The third-order valence-electron chi connectivity index (χ3n) is 3.59. The molecule has 0 atom stereocenters. The standard InChI is InChI=1S/C15H24N2O2S/c1-2-16-12-14-7-9-15(10-8-14)20(18,19)17-11-3-4-13-5-6-13/h7-10,13,16-17H,2-6,11-12H2,1H3. The summed E-state index contributed by atoms with van der Waals surface area (Å²) in [6, 6.07) is 7.08. The molecular formula is C15H24N2O2S. The average Bonchev–Trinajstić information content (AvgIpc) is 3.26. The largest absolute Gasteiger partial charge is 0.313 e. The van der Waals surface area contributed by atoms with E-state index in [0.717, 1.165) is 37.4 Å². The van der Waals surface area contributed by atoms with Crippen LogP contribution in [0.25, 0.3) is 0 Å². The van der Waals surface area contributed by atoms with Crippen LogP contribution in [0.2, 0.25) is 0 Å². The minimum absolute atomic E-state index is 0.351. The highest BCUT2D eigenvalue weighted by molar-refractivity contribution is 7.89. The molecular weight excluding hydrogens is 272 g/mol. The molecule has 0 heterocycles. The second-order valence-electron chi connectivity index (χ2n) is 5.41. The first-order valence-electron chi connectivity index (χ1n) is 7.41. The van der Waals surface area contributed by atoms with Crippen LogP contribution >= 0.6 is 0 Å². The molecule has 2 N–H and O–H groups in total. The van der Waals surface area contributed by atoms with Gasteiger partial charge in [-0.05, 0) is 43.0 Å². The summed E-state index contributed by atoms with van der Waals surface area (Å²) in [5.74, 6) is 0.852. The highest BCUT2D eigenvalue weighted by Gasteiger charge is 2.20. The molecule has 4 nitrogen and oxygen atoms in total. The molecule has 1 fully saturated rings. The zero-order valence-electron chi connectivity index (χ0n) is 12.1. The summed E-state index contributed by atoms with van der Waals surface area (Å²) in [7, 11) is -3.35. The van der Waals surface area contributed by atoms with E-state index >= 15 is 0 Å². The van der Waals surface area contributed by atoms with Crippen LogP contribution in [0.4, 0.5) is 0 Å². The molecule has 0 amide bonds. The number of sulfonamides is 1. The Morgan fingerprint density at radius 2 is 1.90 bits per heavy atom. The van der Waals surface area contributed by atoms with Gasteiger partial charge in [-0.25, -0.2) is 13.1 Å². The minimum Gasteiger partial charge on any atom is -0.313 e. The fourth-order valence-electron chi connectivity index (χ4n) is 2.14. The number of hydrogen-bond acceptors (Lipinski definition) is 3. The van der Waals surface area contributed by atoms with Crippen molar-refractivity contribution < 1.29 is 8.42 Å². The predicted molar refractivity (Wildman–Crippen MR) is 81.0 cm³/mol. The zero-order valence-corrected chi connectivity index (χ0v) is 12.9. The normalized spacial score (nSPS) is 15.4. The highest BCUT2D eigenvalue weighted by Crippen LogP contribution is 2.33. The van der Waals surface area contributed by atoms with E-state index in [1.807, 2.05) is 19.1 Å². The van der Waals surface area contributed by atoms with Gasteiger partial charge in [0.05, 0.1) is 4.90 Å². The first-order chi connectivity index (χ1) is 9.62. The molecule has 1 aliphatic rings. The number of nitrogens with one attached hydrogen (secondary N) is 2. The second kappa shape index (κ2) is 7.20. The Labute approximate surface area is 122 Å². The molecule has 0 spiro atoms. The first kappa shape index (κ1) is 15.5. The van der Waals surface area contributed by atoms with E-state index in [9.17, 15) is 8.42 Å². The third kappa shape index (κ3) is 4.89. The number of rotatable bonds is 9. The lowest BCUT2D eigenvalue weighted by atomic mass is 10.2. The quantitative estimate of drug-likeness (QED) is 0.687. The van der Waals surface area contributed by atoms with E-state index < -0.39 is 10.0 Å². The van der Waals surface area contributed by atoms with Crippen molar-refractivity contribution in [2.24, 2.45) is 5.92 Å². The average molecular weight is 296 g/mol. The van der Waals surface area contributed by atoms with E-state index in [2.05, 4.69) is 10.0 Å². The van der Waals surface area contributed by atoms with Gasteiger partial charge in [-0.1, -0.05) is 31.9 Å². The van der Waals surface area contributed by atoms with Crippen molar-refractivity contribution in [3.8, 4) is 0 Å². The van der Waals surface area contributed by atoms with Crippen LogP contribution in [0.1, 0.15) is 38.2 Å². The van der Waals surface area contributed by atoms with Crippen LogP contribution in [0.5, 0.6) is 0 Å². The van der Waals surface area contributed by atoms with E-state index in [1.54, 1.807) is 12.1 Å². The number of hydrogen-bond donors (Lipinski definition) is 2. The molecule has 0 aliphatic heterocycles. The van der Waals surface area contributed by atoms with E-state index in [0.29, 0.717) is 11.4 Å². The van der Waals surface area contributed by atoms with Gasteiger partial charge in [0, 0.05) is 13.1 Å². The highest BCUT2D eigenvalue weighted by atomic mass is 32.2. The lowest BCUT2D eigenvalue weighted by Crippen LogP contribution is -2.25. The SMILES string of the molecule is CCNCc1ccc(S(=O)(=O)NCCCC2CC2)cc1. The molecule has 20 heavy (non-hydrogen) atoms. The van der Waals surface area contributed by atoms with E-state index in [-0.39, 0.29) is 0 Å². The molecule has 0 saturated heterocycles. The van der Waals surface area contributed by atoms with Crippen molar-refractivity contribution in [3.05, 3.63) is 29.8 Å². The van der Waals surface area contributed by atoms with E-state index in [1.165, 1.54) is 12.8 Å². The topological polar surface area (TPSA) is 58.2 Å². The maximum atomic E-state index is 12.1. The first-order valence-corrected chi connectivity index (χ1v) is 8.89. The summed E-state index contributed by atoms with van der Waals surface area (Å²) in [4.78, 5) is 0.351. The summed E-state index contributed by atoms with van der Waals surface area (Å²) < 4.78 is 26.9. The maximum Gasteiger partial charge on any atom is 0.240 e. The molecule has 2 rings (SSSR count). The number of benzene rings is 1. The summed E-state index contributed by atoms with van der Waals surface area (Å²) in [5.41, 5.74) is 1.10. The Bertz CT molecular complexity index is 507. The Kier molecular flexibility index (Phi) is 5.57. The molecule has 0 radical (unpaired) electrons. The molecule has 0 aromatic heterocycles. The summed E-state index contributed by atoms with van der Waals surface area (Å²) >= 11 is 0. The van der Waals surface area contributed by atoms with Crippen molar-refractivity contribution in [1.82, 2.24) is 10.0 Å². The van der Waals surface area contributed by atoms with Gasteiger partial charge in [-0.15, -0.1) is 0 Å². The van der Waals surface area contributed by atoms with Crippen LogP contribution in [0, 0.1) is 5.92 Å². The molecule has 0 bridgehead atoms. The van der Waals surface area contributed by atoms with Crippen LogP contribution in [-0.4, -0.2) is 21.5 Å². The van der Waals surface area contributed by atoms with Crippen LogP contribution in [0.3, 0.4) is 0 Å². The van der Waals surface area contributed by atoms with Gasteiger partial charge in [0.15, 0.2) is 0 Å². The Morgan fingerprint density at radius 3 is 2.50 bits per heavy atom. The van der Waals surface area contributed by atoms with Gasteiger partial charge in [0.1, 0.15) is 0 Å². The van der Waals surface area contributed by atoms with Crippen LogP contribution in [-0.2, 0) is 16.6 Å². The van der Waals surface area contributed by atoms with Crippen molar-refractivity contribution in [2.45, 2.75) is 44.0 Å². The third-order valence-corrected chi connectivity index (χ3v) is 5.07. The van der Waals surface area contributed by atoms with Crippen molar-refractivity contribution in [2.75, 3.05) is 13.1 Å². The van der Waals surface area contributed by atoms with Gasteiger partial charge in [0.2, 0.25) is 10.0 Å². The zero-order chi connectivity index (χ0) is 14.4. The summed E-state index contributed by atoms with van der Waals surface area (Å²) in [6.45, 7) is 4.26. The predicted octanol–water partition coefficient (Wildman–Crippen LogP) is 2.26. The van der Waals surface area contributed by atoms with Gasteiger partial charge in [-0.2, -0.15) is 0 Å². The monoisotopic (exact) mass is 296 g/mol. The molecule has 1 aromatic rings. The van der Waals surface area contributed by atoms with Gasteiger partial charge in [-0.3, -0.25) is 0 Å². The van der Waals surface area contributed by atoms with Crippen LogP contribution < -0.4 is 10.0 Å². The molecule has 0 unspecified atom stereocenters. The molecule has 112 valence electrons. The fraction of sp³-hybridized carbons (Fsp3) is 0.600. The van der Waals surface area contributed by atoms with Crippen molar-refractivity contribution in [1.29, 1.82) is 0 Å². The van der Waals surface area contributed by atoms with Gasteiger partial charge in [0.25, 0.3) is 0 Å². The maximum absolute atomic E-state index is 12.1. The smallest absolute Gasteiger partial charge is 0.240 e. The van der Waals surface area contributed by atoms with Crippen molar-refractivity contribution in [3.63, 3.8) is 0 Å². The molecule has 1 aliphatic carbocycles. The van der Waals surface area contributed by atoms with Gasteiger partial charge < -0.3 is 5.32 Å². The van der Waals surface area contributed by atoms with E-state index in [4.69, 9.17) is 0 Å². The molecule has 1 aromatic carbocycles. The Balaban J connectivity index is 1.83. The fourth-order valence-corrected chi connectivity index (χ4v) is 3.22. The molecule has 1 saturated carbocycles. The summed E-state index contributed by atoms with van der Waals surface area (Å²) in [5, 5.41) is 3.22. The van der Waals surface area contributed by atoms with Crippen LogP contribution in [0.15, 0.2) is 29.2 Å². The lowest BCUT2D eigenvalue weighted by Gasteiger charge is -2.08. The second-order valence-corrected chi connectivity index (χ2v) is 7.17. The Morgan fingerprint density at radius 1 is 1.20 bits per heavy atom. The van der Waals surface area contributed by atoms with Crippen molar-refractivity contribution >= 4 is 10.0 Å². The summed E-state index contributed by atoms with van der Waals surface area (Å²) in [6.07, 6.45) is 4.71. The minimum atomic E-state index is -3.35. The Hall–Kier alpha value is -0.910. The lowest BCUT2D eigenvalue weighted by molar-refractivity contribution is 0.572. The van der Waals surface area contributed by atoms with Gasteiger partial charge >= 0.3 is 0 Å². The molecule has 5 heteroatoms.